The van der Waals surface area contributed by atoms with Crippen LogP contribution >= 0.6 is 23.2 Å². The molecule has 3 rings (SSSR count). The first-order chi connectivity index (χ1) is 11.7. The second-order valence-corrected chi connectivity index (χ2v) is 6.30. The molecule has 5 heteroatoms. The van der Waals surface area contributed by atoms with Crippen molar-refractivity contribution < 1.29 is 14.2 Å². The van der Waals surface area contributed by atoms with Gasteiger partial charge in [0.05, 0.1) is 20.3 Å². The Kier molecular flexibility index (Phi) is 5.67. The fraction of sp³-hybridized carbons (Fsp3) is 0.263. The Morgan fingerprint density at radius 3 is 2.54 bits per heavy atom. The van der Waals surface area contributed by atoms with Crippen molar-refractivity contribution in [3.8, 4) is 11.5 Å². The van der Waals surface area contributed by atoms with E-state index < -0.39 is 0 Å². The number of hydrogen-bond donors (Lipinski definition) is 0. The average Bonchev–Trinajstić information content (AvgIpc) is 3.08. The molecule has 1 heterocycles. The van der Waals surface area contributed by atoms with Gasteiger partial charge >= 0.3 is 0 Å². The van der Waals surface area contributed by atoms with E-state index in [4.69, 9.17) is 37.4 Å². The molecule has 0 aromatic heterocycles. The summed E-state index contributed by atoms with van der Waals surface area (Å²) in [5.74, 6) is 1.41. The van der Waals surface area contributed by atoms with Crippen molar-refractivity contribution in [1.29, 1.82) is 0 Å². The van der Waals surface area contributed by atoms with E-state index in [2.05, 4.69) is 0 Å². The molecule has 0 aliphatic carbocycles. The molecule has 1 saturated heterocycles. The van der Waals surface area contributed by atoms with Gasteiger partial charge in [-0.05, 0) is 29.8 Å². The standard InChI is InChI=1S/C19H18Cl2O3/c1-22-18-8-6-13(11-19(18)24-14-9-10-23-12-14)5-7-15-16(20)3-2-4-17(15)21/h2-8,11,14H,9-10,12H2,1H3. The molecule has 24 heavy (non-hydrogen) atoms. The van der Waals surface area contributed by atoms with Crippen molar-refractivity contribution in [2.24, 2.45) is 0 Å². The number of ether oxygens (including phenoxy) is 3. The predicted octanol–water partition coefficient (Wildman–Crippen LogP) is 5.34. The molecule has 1 fully saturated rings. The normalized spacial score (nSPS) is 17.4. The summed E-state index contributed by atoms with van der Waals surface area (Å²) >= 11 is 12.4. The van der Waals surface area contributed by atoms with Crippen LogP contribution in [0, 0.1) is 0 Å². The molecule has 0 radical (unpaired) electrons. The second-order valence-electron chi connectivity index (χ2n) is 5.48. The van der Waals surface area contributed by atoms with E-state index in [1.807, 2.05) is 48.6 Å². The lowest BCUT2D eigenvalue weighted by molar-refractivity contribution is 0.138. The summed E-state index contributed by atoms with van der Waals surface area (Å²) in [5.41, 5.74) is 1.77. The molecule has 1 unspecified atom stereocenters. The van der Waals surface area contributed by atoms with Gasteiger partial charge in [-0.15, -0.1) is 0 Å². The molecule has 3 nitrogen and oxygen atoms in total. The molecular formula is C19H18Cl2O3. The van der Waals surface area contributed by atoms with E-state index in [0.717, 1.165) is 24.2 Å². The van der Waals surface area contributed by atoms with Gasteiger partial charge in [-0.1, -0.05) is 47.5 Å². The molecule has 1 aliphatic rings. The Bertz CT molecular complexity index is 717. The molecule has 0 saturated carbocycles. The first-order valence-electron chi connectivity index (χ1n) is 7.72. The van der Waals surface area contributed by atoms with Crippen LogP contribution in [0.5, 0.6) is 11.5 Å². The number of benzene rings is 2. The minimum absolute atomic E-state index is 0.0659. The fourth-order valence-electron chi connectivity index (χ4n) is 2.52. The zero-order chi connectivity index (χ0) is 16.9. The number of rotatable bonds is 5. The number of halogens is 2. The van der Waals surface area contributed by atoms with Crippen molar-refractivity contribution in [2.75, 3.05) is 20.3 Å². The highest BCUT2D eigenvalue weighted by atomic mass is 35.5. The molecule has 0 spiro atoms. The maximum Gasteiger partial charge on any atom is 0.162 e. The number of methoxy groups -OCH3 is 1. The average molecular weight is 365 g/mol. The Morgan fingerprint density at radius 2 is 1.88 bits per heavy atom. The lowest BCUT2D eigenvalue weighted by atomic mass is 10.1. The van der Waals surface area contributed by atoms with Gasteiger partial charge in [-0.2, -0.15) is 0 Å². The van der Waals surface area contributed by atoms with Crippen LogP contribution in [0.1, 0.15) is 17.5 Å². The summed E-state index contributed by atoms with van der Waals surface area (Å²) < 4.78 is 16.7. The van der Waals surface area contributed by atoms with Crippen molar-refractivity contribution in [3.05, 3.63) is 57.6 Å². The maximum atomic E-state index is 6.19. The predicted molar refractivity (Wildman–Crippen MR) is 98.2 cm³/mol. The first-order valence-corrected chi connectivity index (χ1v) is 8.47. The summed E-state index contributed by atoms with van der Waals surface area (Å²) in [5, 5.41) is 1.23. The van der Waals surface area contributed by atoms with Crippen LogP contribution in [-0.4, -0.2) is 26.4 Å². The van der Waals surface area contributed by atoms with Crippen LogP contribution in [0.4, 0.5) is 0 Å². The third-order valence-corrected chi connectivity index (χ3v) is 4.47. The lowest BCUT2D eigenvalue weighted by Crippen LogP contribution is -2.16. The molecule has 126 valence electrons. The Balaban J connectivity index is 1.84. The summed E-state index contributed by atoms with van der Waals surface area (Å²) in [4.78, 5) is 0. The quantitative estimate of drug-likeness (QED) is 0.670. The van der Waals surface area contributed by atoms with E-state index in [9.17, 15) is 0 Å². The Morgan fingerprint density at radius 1 is 1.08 bits per heavy atom. The van der Waals surface area contributed by atoms with Gasteiger partial charge in [0, 0.05) is 22.0 Å². The number of hydrogen-bond acceptors (Lipinski definition) is 3. The van der Waals surface area contributed by atoms with E-state index in [-0.39, 0.29) is 6.10 Å². The van der Waals surface area contributed by atoms with Crippen LogP contribution in [0.25, 0.3) is 12.2 Å². The maximum absolute atomic E-state index is 6.19. The summed E-state index contributed by atoms with van der Waals surface area (Å²) in [6.07, 6.45) is 4.80. The van der Waals surface area contributed by atoms with Gasteiger partial charge in [-0.3, -0.25) is 0 Å². The minimum atomic E-state index is 0.0659. The molecule has 0 bridgehead atoms. The Hall–Kier alpha value is -1.68. The molecule has 1 aliphatic heterocycles. The molecule has 1 atom stereocenters. The van der Waals surface area contributed by atoms with E-state index in [0.29, 0.717) is 28.2 Å². The highest BCUT2D eigenvalue weighted by Crippen LogP contribution is 2.32. The van der Waals surface area contributed by atoms with Gasteiger partial charge < -0.3 is 14.2 Å². The SMILES string of the molecule is COc1ccc(C=Cc2c(Cl)cccc2Cl)cc1OC1CCOC1. The van der Waals surface area contributed by atoms with Crippen molar-refractivity contribution >= 4 is 35.4 Å². The molecule has 0 N–H and O–H groups in total. The molecular weight excluding hydrogens is 347 g/mol. The second kappa shape index (κ2) is 7.93. The van der Waals surface area contributed by atoms with Gasteiger partial charge in [0.2, 0.25) is 0 Å². The van der Waals surface area contributed by atoms with Crippen LogP contribution in [0.2, 0.25) is 10.0 Å². The zero-order valence-electron chi connectivity index (χ0n) is 13.3. The van der Waals surface area contributed by atoms with Crippen molar-refractivity contribution in [2.45, 2.75) is 12.5 Å². The molecule has 2 aromatic carbocycles. The van der Waals surface area contributed by atoms with Crippen LogP contribution in [0.15, 0.2) is 36.4 Å². The van der Waals surface area contributed by atoms with Crippen LogP contribution in [0.3, 0.4) is 0 Å². The monoisotopic (exact) mass is 364 g/mol. The molecule has 0 amide bonds. The summed E-state index contributed by atoms with van der Waals surface area (Å²) in [6, 6.07) is 11.2. The first kappa shape index (κ1) is 17.2. The smallest absolute Gasteiger partial charge is 0.162 e. The topological polar surface area (TPSA) is 27.7 Å². The van der Waals surface area contributed by atoms with Crippen LogP contribution in [-0.2, 0) is 4.74 Å². The van der Waals surface area contributed by atoms with Crippen molar-refractivity contribution in [3.63, 3.8) is 0 Å². The third kappa shape index (κ3) is 4.04. The van der Waals surface area contributed by atoms with Gasteiger partial charge in [0.15, 0.2) is 11.5 Å². The summed E-state index contributed by atoms with van der Waals surface area (Å²) in [7, 11) is 1.63. The van der Waals surface area contributed by atoms with Gasteiger partial charge in [0.1, 0.15) is 6.10 Å². The fourth-order valence-corrected chi connectivity index (χ4v) is 3.05. The van der Waals surface area contributed by atoms with E-state index in [1.54, 1.807) is 7.11 Å². The van der Waals surface area contributed by atoms with Gasteiger partial charge in [0.25, 0.3) is 0 Å². The molecule has 2 aromatic rings. The van der Waals surface area contributed by atoms with E-state index in [1.165, 1.54) is 0 Å². The van der Waals surface area contributed by atoms with Crippen molar-refractivity contribution in [1.82, 2.24) is 0 Å². The lowest BCUT2D eigenvalue weighted by Gasteiger charge is -2.15. The van der Waals surface area contributed by atoms with Crippen LogP contribution < -0.4 is 9.47 Å². The van der Waals surface area contributed by atoms with E-state index >= 15 is 0 Å². The summed E-state index contributed by atoms with van der Waals surface area (Å²) in [6.45, 7) is 1.34. The zero-order valence-corrected chi connectivity index (χ0v) is 14.8. The van der Waals surface area contributed by atoms with Gasteiger partial charge in [-0.25, -0.2) is 0 Å². The highest BCUT2D eigenvalue weighted by Gasteiger charge is 2.19. The minimum Gasteiger partial charge on any atom is -0.493 e. The Labute approximate surface area is 151 Å². The largest absolute Gasteiger partial charge is 0.493 e. The third-order valence-electron chi connectivity index (χ3n) is 3.81. The highest BCUT2D eigenvalue weighted by molar-refractivity contribution is 6.37.